The fourth-order valence-electron chi connectivity index (χ4n) is 6.89. The molecule has 1 aromatic carbocycles. The van der Waals surface area contributed by atoms with Gasteiger partial charge in [0.25, 0.3) is 0 Å². The average Bonchev–Trinajstić information content (AvgIpc) is 3.08. The second-order valence-electron chi connectivity index (χ2n) is 10.3. The molecule has 3 fully saturated rings. The van der Waals surface area contributed by atoms with Crippen molar-refractivity contribution in [2.75, 3.05) is 0 Å². The normalized spacial score (nSPS) is 45.5. The Morgan fingerprint density at radius 2 is 1.91 bits per heavy atom. The zero-order valence-electron chi connectivity index (χ0n) is 18.1. The Labute approximate surface area is 186 Å². The largest absolute Gasteiger partial charge is 0.479 e. The van der Waals surface area contributed by atoms with Crippen LogP contribution in [0.3, 0.4) is 0 Å². The summed E-state index contributed by atoms with van der Waals surface area (Å²) in [6, 6.07) is 5.75. The van der Waals surface area contributed by atoms with Crippen molar-refractivity contribution in [1.82, 2.24) is 0 Å². The number of carbonyl (C=O) groups is 1. The number of aliphatic carboxylic acids is 1. The molecule has 0 bridgehead atoms. The molecule has 2 saturated carbocycles. The summed E-state index contributed by atoms with van der Waals surface area (Å²) in [5, 5.41) is 49.8. The highest BCUT2D eigenvalue weighted by atomic mass is 17.2. The third-order valence-corrected chi connectivity index (χ3v) is 8.71. The van der Waals surface area contributed by atoms with E-state index >= 15 is 0 Å². The van der Waals surface area contributed by atoms with Gasteiger partial charge >= 0.3 is 5.97 Å². The van der Waals surface area contributed by atoms with Gasteiger partial charge < -0.3 is 35.0 Å². The Kier molecular flexibility index (Phi) is 5.49. The maximum Gasteiger partial charge on any atom is 0.335 e. The second kappa shape index (κ2) is 7.95. The van der Waals surface area contributed by atoms with Gasteiger partial charge in [-0.15, -0.1) is 0 Å². The number of hydrogen-bond donors (Lipinski definition) is 5. The molecular weight excluding hydrogens is 417 g/mol. The molecule has 1 saturated heterocycles. The number of carboxylic acid groups (broad SMARTS) is 1. The number of hydrogen-bond acceptors (Lipinski definition) is 7. The van der Waals surface area contributed by atoms with Gasteiger partial charge in [0.2, 0.25) is 6.29 Å². The first-order valence-corrected chi connectivity index (χ1v) is 11.6. The molecular formula is C24H32O8. The summed E-state index contributed by atoms with van der Waals surface area (Å²) in [7, 11) is 0. The number of fused-ring (bicyclic) bond motifs is 5. The van der Waals surface area contributed by atoms with E-state index in [-0.39, 0.29) is 11.5 Å². The van der Waals surface area contributed by atoms with Crippen molar-refractivity contribution < 1.29 is 39.8 Å². The van der Waals surface area contributed by atoms with Crippen molar-refractivity contribution in [2.24, 2.45) is 17.3 Å². The number of rotatable bonds is 3. The number of aliphatic hydroxyl groups excluding tert-OH is 4. The molecule has 0 aromatic heterocycles. The van der Waals surface area contributed by atoms with Crippen molar-refractivity contribution in [3.8, 4) is 5.75 Å². The maximum absolute atomic E-state index is 11.3. The Morgan fingerprint density at radius 3 is 2.66 bits per heavy atom. The Morgan fingerprint density at radius 1 is 1.12 bits per heavy atom. The highest BCUT2D eigenvalue weighted by Gasteiger charge is 2.54. The van der Waals surface area contributed by atoms with Crippen molar-refractivity contribution in [3.63, 3.8) is 0 Å². The number of aryl methyl sites for hydroxylation is 1. The number of aliphatic hydroxyl groups is 4. The molecule has 1 aromatic rings. The number of carboxylic acids is 1. The lowest BCUT2D eigenvalue weighted by Crippen LogP contribution is -2.61. The van der Waals surface area contributed by atoms with Crippen LogP contribution in [0.25, 0.3) is 0 Å². The SMILES string of the molecule is C[C@]12CC[C@@H]3c4ccc(OC5O[C@H](C(=O)O)[C@@H](O)[C@H](O)[C@H]5O)cc4CC[C@H]3[C@@H]1CC[C@@H]2[17OH]. The summed E-state index contributed by atoms with van der Waals surface area (Å²) in [6.07, 6.45) is -2.28. The van der Waals surface area contributed by atoms with Crippen LogP contribution in [0.15, 0.2) is 18.2 Å². The van der Waals surface area contributed by atoms with Gasteiger partial charge in [-0.3, -0.25) is 0 Å². The van der Waals surface area contributed by atoms with Gasteiger partial charge in [0, 0.05) is 0 Å². The van der Waals surface area contributed by atoms with E-state index in [0.29, 0.717) is 23.5 Å². The quantitative estimate of drug-likeness (QED) is 0.464. The maximum atomic E-state index is 11.3. The average molecular weight is 450 g/mol. The Bertz CT molecular complexity index is 889. The van der Waals surface area contributed by atoms with E-state index in [0.717, 1.165) is 38.5 Å². The lowest BCUT2D eigenvalue weighted by Gasteiger charge is -2.50. The molecule has 5 rings (SSSR count). The van der Waals surface area contributed by atoms with Gasteiger partial charge in [-0.05, 0) is 85.0 Å². The summed E-state index contributed by atoms with van der Waals surface area (Å²) in [4.78, 5) is 11.3. The van der Waals surface area contributed by atoms with E-state index in [1.807, 2.05) is 12.1 Å². The van der Waals surface area contributed by atoms with Gasteiger partial charge in [0.15, 0.2) is 6.10 Å². The van der Waals surface area contributed by atoms with Crippen LogP contribution in [0.2, 0.25) is 0 Å². The minimum absolute atomic E-state index is 0.0300. The van der Waals surface area contributed by atoms with E-state index in [1.54, 1.807) is 6.07 Å². The zero-order chi connectivity index (χ0) is 22.8. The number of benzene rings is 1. The van der Waals surface area contributed by atoms with Crippen LogP contribution in [-0.2, 0) is 16.0 Å². The van der Waals surface area contributed by atoms with Gasteiger partial charge in [-0.25, -0.2) is 4.79 Å². The van der Waals surface area contributed by atoms with Crippen molar-refractivity contribution >= 4 is 5.97 Å². The molecule has 32 heavy (non-hydrogen) atoms. The molecule has 1 heterocycles. The van der Waals surface area contributed by atoms with Crippen LogP contribution in [0.5, 0.6) is 5.75 Å². The van der Waals surface area contributed by atoms with Crippen LogP contribution >= 0.6 is 0 Å². The first-order chi connectivity index (χ1) is 15.2. The molecule has 8 heteroatoms. The molecule has 176 valence electrons. The lowest BCUT2D eigenvalue weighted by molar-refractivity contribution is -0.271. The van der Waals surface area contributed by atoms with Crippen LogP contribution < -0.4 is 4.74 Å². The fourth-order valence-corrected chi connectivity index (χ4v) is 6.89. The first-order valence-electron chi connectivity index (χ1n) is 11.6. The van der Waals surface area contributed by atoms with Gasteiger partial charge in [0.1, 0.15) is 24.1 Å². The van der Waals surface area contributed by atoms with E-state index in [4.69, 9.17) is 9.47 Å². The summed E-state index contributed by atoms with van der Waals surface area (Å²) >= 11 is 0. The number of ether oxygens (including phenoxy) is 2. The van der Waals surface area contributed by atoms with E-state index in [9.17, 15) is 30.3 Å². The molecule has 3 aliphatic carbocycles. The van der Waals surface area contributed by atoms with Crippen LogP contribution in [0.4, 0.5) is 0 Å². The van der Waals surface area contributed by atoms with Crippen LogP contribution in [-0.4, -0.2) is 68.3 Å². The van der Waals surface area contributed by atoms with Crippen molar-refractivity contribution in [2.45, 2.75) is 88.2 Å². The van der Waals surface area contributed by atoms with Crippen LogP contribution in [0, 0.1) is 17.3 Å². The van der Waals surface area contributed by atoms with E-state index < -0.39 is 36.7 Å². The standard InChI is InChI=1S/C24H32O8/c1-24-9-8-14-13-5-3-12(10-11(13)2-4-15(14)16(24)6-7-17(24)25)31-23-20(28)18(26)19(27)21(32-23)22(29)30/h3,5,10,14-21,23,25-28H,2,4,6-9H2,1H3,(H,29,30)/t14-,15-,16+,17+,18+,19+,20-,21+,23?,24+/m1/s1/i25+1. The smallest absolute Gasteiger partial charge is 0.335 e. The zero-order valence-corrected chi connectivity index (χ0v) is 18.1. The molecule has 1 aliphatic heterocycles. The second-order valence-corrected chi connectivity index (χ2v) is 10.3. The van der Waals surface area contributed by atoms with E-state index in [1.165, 1.54) is 11.1 Å². The fraction of sp³-hybridized carbons (Fsp3) is 0.708. The summed E-state index contributed by atoms with van der Waals surface area (Å²) in [6.45, 7) is 2.25. The third-order valence-electron chi connectivity index (χ3n) is 8.71. The van der Waals surface area contributed by atoms with Gasteiger partial charge in [0.05, 0.1) is 6.10 Å². The lowest BCUT2D eigenvalue weighted by atomic mass is 9.55. The Hall–Kier alpha value is -1.71. The van der Waals surface area contributed by atoms with Crippen molar-refractivity contribution in [1.29, 1.82) is 0 Å². The summed E-state index contributed by atoms with van der Waals surface area (Å²) in [5.41, 5.74) is 2.51. The minimum atomic E-state index is -1.74. The Balaban J connectivity index is 1.34. The molecule has 8 nitrogen and oxygen atoms in total. The highest BCUT2D eigenvalue weighted by molar-refractivity contribution is 5.73. The molecule has 0 spiro atoms. The van der Waals surface area contributed by atoms with Gasteiger partial charge in [-0.1, -0.05) is 13.0 Å². The molecule has 5 N–H and O–H groups in total. The minimum Gasteiger partial charge on any atom is -0.479 e. The monoisotopic (exact) mass is 449 g/mol. The molecule has 1 unspecified atom stereocenters. The molecule has 0 radical (unpaired) electrons. The molecule has 10 atom stereocenters. The first kappa shape index (κ1) is 22.1. The topological polar surface area (TPSA) is 137 Å². The van der Waals surface area contributed by atoms with Crippen molar-refractivity contribution in [3.05, 3.63) is 29.3 Å². The third kappa shape index (κ3) is 3.35. The predicted octanol–water partition coefficient (Wildman–Crippen LogP) is 1.17. The van der Waals surface area contributed by atoms with E-state index in [2.05, 4.69) is 6.92 Å². The predicted molar refractivity (Wildman–Crippen MR) is 112 cm³/mol. The van der Waals surface area contributed by atoms with Gasteiger partial charge in [-0.2, -0.15) is 0 Å². The van der Waals surface area contributed by atoms with Crippen LogP contribution in [0.1, 0.15) is 56.1 Å². The molecule has 0 amide bonds. The highest BCUT2D eigenvalue weighted by Crippen LogP contribution is 2.60. The molecule has 4 aliphatic rings. The summed E-state index contributed by atoms with van der Waals surface area (Å²) < 4.78 is 11.0. The summed E-state index contributed by atoms with van der Waals surface area (Å²) in [5.74, 6) is 0.570.